The third kappa shape index (κ3) is 3.88. The van der Waals surface area contributed by atoms with Crippen LogP contribution in [0.5, 0.6) is 0 Å². The highest BCUT2D eigenvalue weighted by Gasteiger charge is 2.10. The van der Waals surface area contributed by atoms with Crippen LogP contribution in [0.1, 0.15) is 16.8 Å². The van der Waals surface area contributed by atoms with Crippen molar-refractivity contribution in [3.63, 3.8) is 0 Å². The maximum absolute atomic E-state index is 9.05. The minimum Gasteiger partial charge on any atom is -0.368 e. The zero-order valence-corrected chi connectivity index (χ0v) is 13.7. The van der Waals surface area contributed by atoms with Crippen LogP contribution in [0.3, 0.4) is 0 Å². The second kappa shape index (κ2) is 7.67. The first-order valence-electron chi connectivity index (χ1n) is 7.60. The molecule has 0 amide bonds. The van der Waals surface area contributed by atoms with Gasteiger partial charge in [0.2, 0.25) is 5.95 Å². The highest BCUT2D eigenvalue weighted by atomic mass is 15.1. The van der Waals surface area contributed by atoms with Crippen LogP contribution in [0.4, 0.5) is 5.95 Å². The molecule has 2 heterocycles. The van der Waals surface area contributed by atoms with Gasteiger partial charge >= 0.3 is 0 Å². The van der Waals surface area contributed by atoms with E-state index in [2.05, 4.69) is 36.3 Å². The first-order chi connectivity index (χ1) is 12.7. The number of anilines is 1. The first-order valence-corrected chi connectivity index (χ1v) is 7.60. The van der Waals surface area contributed by atoms with Crippen molar-refractivity contribution < 1.29 is 0 Å². The van der Waals surface area contributed by atoms with E-state index in [0.717, 1.165) is 11.1 Å². The molecule has 0 atom stereocenters. The molecule has 0 aliphatic heterocycles. The van der Waals surface area contributed by atoms with Crippen LogP contribution in [0, 0.1) is 11.3 Å². The van der Waals surface area contributed by atoms with Crippen LogP contribution in [0.2, 0.25) is 0 Å². The number of hydrazone groups is 1. The van der Waals surface area contributed by atoms with Crippen molar-refractivity contribution >= 4 is 17.9 Å². The quantitative estimate of drug-likeness (QED) is 0.359. The molecular weight excluding hydrogens is 330 g/mol. The molecule has 0 aliphatic carbocycles. The molecule has 0 saturated heterocycles. The van der Waals surface area contributed by atoms with E-state index in [4.69, 9.17) is 16.8 Å². The van der Waals surface area contributed by atoms with Gasteiger partial charge in [-0.3, -0.25) is 10.1 Å². The van der Waals surface area contributed by atoms with Crippen molar-refractivity contribution in [1.82, 2.24) is 20.2 Å². The summed E-state index contributed by atoms with van der Waals surface area (Å²) < 4.78 is 0. The van der Waals surface area contributed by atoms with E-state index in [-0.39, 0.29) is 5.95 Å². The van der Waals surface area contributed by atoms with E-state index >= 15 is 0 Å². The molecule has 9 heteroatoms. The maximum Gasteiger partial charge on any atom is 0.221 e. The summed E-state index contributed by atoms with van der Waals surface area (Å²) in [6.07, 6.45) is 4.95. The number of hydrogen-bond donors (Lipinski definition) is 3. The van der Waals surface area contributed by atoms with Gasteiger partial charge in [-0.05, 0) is 18.2 Å². The number of nitrogen functional groups attached to an aromatic ring is 1. The molecule has 1 aromatic carbocycles. The van der Waals surface area contributed by atoms with Crippen molar-refractivity contribution in [3.8, 4) is 17.3 Å². The zero-order valence-electron chi connectivity index (χ0n) is 13.7. The first kappa shape index (κ1) is 16.8. The lowest BCUT2D eigenvalue weighted by molar-refractivity contribution is 1.08. The lowest BCUT2D eigenvalue weighted by Crippen LogP contribution is -2.11. The van der Waals surface area contributed by atoms with Crippen molar-refractivity contribution in [2.75, 3.05) is 5.73 Å². The summed E-state index contributed by atoms with van der Waals surface area (Å²) in [4.78, 5) is 12.7. The summed E-state index contributed by atoms with van der Waals surface area (Å²) in [5.74, 6) is 5.56. The lowest BCUT2D eigenvalue weighted by atomic mass is 10.1. The molecule has 0 spiro atoms. The minimum absolute atomic E-state index is 0.0734. The van der Waals surface area contributed by atoms with Gasteiger partial charge < -0.3 is 11.6 Å². The number of benzene rings is 1. The van der Waals surface area contributed by atoms with E-state index in [1.807, 2.05) is 6.07 Å². The Hall–Kier alpha value is -4.06. The molecule has 3 rings (SSSR count). The standard InChI is InChI=1S/C17H15N9/c18-6-11-2-1-3-13(4-11)14-5-15(25-17(19)24-14)16(26-20)10-21-7-12-8-22-23-9-12/h1-5,8-10H,7,20H2,(H,22,23)(H2,19,24,25). The molecule has 0 aliphatic rings. The predicted molar refractivity (Wildman–Crippen MR) is 98.1 cm³/mol. The van der Waals surface area contributed by atoms with Gasteiger partial charge in [0.15, 0.2) is 0 Å². The van der Waals surface area contributed by atoms with Gasteiger partial charge in [0, 0.05) is 17.3 Å². The molecule has 0 fully saturated rings. The van der Waals surface area contributed by atoms with E-state index in [1.165, 1.54) is 6.21 Å². The number of nitrogens with two attached hydrogens (primary N) is 2. The third-order valence-corrected chi connectivity index (χ3v) is 3.47. The zero-order chi connectivity index (χ0) is 18.4. The Morgan fingerprint density at radius 3 is 2.92 bits per heavy atom. The van der Waals surface area contributed by atoms with E-state index < -0.39 is 0 Å². The number of hydrogen-bond acceptors (Lipinski definition) is 8. The summed E-state index contributed by atoms with van der Waals surface area (Å²) in [7, 11) is 0. The lowest BCUT2D eigenvalue weighted by Gasteiger charge is -2.06. The Labute approximate surface area is 149 Å². The van der Waals surface area contributed by atoms with Gasteiger partial charge in [0.05, 0.1) is 42.0 Å². The number of nitrogens with zero attached hydrogens (tertiary/aromatic N) is 6. The number of aliphatic imine (C=N–C) groups is 1. The molecule has 0 unspecified atom stereocenters. The van der Waals surface area contributed by atoms with Gasteiger partial charge in [-0.1, -0.05) is 12.1 Å². The highest BCUT2D eigenvalue weighted by Crippen LogP contribution is 2.20. The van der Waals surface area contributed by atoms with Crippen LogP contribution in [0.25, 0.3) is 11.3 Å². The van der Waals surface area contributed by atoms with Crippen molar-refractivity contribution in [2.24, 2.45) is 15.9 Å². The monoisotopic (exact) mass is 345 g/mol. The number of rotatable bonds is 5. The maximum atomic E-state index is 9.05. The van der Waals surface area contributed by atoms with Crippen molar-refractivity contribution in [3.05, 3.63) is 59.5 Å². The molecule has 0 bridgehead atoms. The van der Waals surface area contributed by atoms with Crippen LogP contribution in [-0.4, -0.2) is 32.1 Å². The Balaban J connectivity index is 1.90. The number of aromatic amines is 1. The molecule has 0 saturated carbocycles. The normalized spacial score (nSPS) is 11.6. The second-order valence-electron chi connectivity index (χ2n) is 5.28. The van der Waals surface area contributed by atoms with Gasteiger partial charge in [-0.25, -0.2) is 9.97 Å². The Morgan fingerprint density at radius 1 is 1.31 bits per heavy atom. The summed E-state index contributed by atoms with van der Waals surface area (Å²) in [5.41, 5.74) is 9.38. The number of nitriles is 1. The molecule has 26 heavy (non-hydrogen) atoms. The van der Waals surface area contributed by atoms with E-state index in [0.29, 0.717) is 29.2 Å². The number of nitrogens with one attached hydrogen (secondary N) is 1. The summed E-state index contributed by atoms with van der Waals surface area (Å²) >= 11 is 0. The SMILES string of the molecule is N#Cc1cccc(-c2cc(C(C=NCc3cn[nH]c3)=NN)nc(N)n2)c1. The summed E-state index contributed by atoms with van der Waals surface area (Å²) in [6.45, 7) is 0.424. The molecule has 5 N–H and O–H groups in total. The van der Waals surface area contributed by atoms with E-state index in [1.54, 1.807) is 36.7 Å². The van der Waals surface area contributed by atoms with Crippen molar-refractivity contribution in [2.45, 2.75) is 6.54 Å². The molecule has 128 valence electrons. The molecule has 0 radical (unpaired) electrons. The van der Waals surface area contributed by atoms with Crippen LogP contribution in [0.15, 0.2) is 52.8 Å². The molecule has 2 aromatic heterocycles. The molecule has 3 aromatic rings. The fourth-order valence-electron chi connectivity index (χ4n) is 2.26. The Bertz CT molecular complexity index is 997. The number of H-pyrrole nitrogens is 1. The van der Waals surface area contributed by atoms with Crippen LogP contribution >= 0.6 is 0 Å². The van der Waals surface area contributed by atoms with Gasteiger partial charge in [-0.15, -0.1) is 0 Å². The average Bonchev–Trinajstić information content (AvgIpc) is 3.18. The molecule has 9 nitrogen and oxygen atoms in total. The smallest absolute Gasteiger partial charge is 0.221 e. The van der Waals surface area contributed by atoms with Crippen molar-refractivity contribution in [1.29, 1.82) is 5.26 Å². The third-order valence-electron chi connectivity index (χ3n) is 3.47. The minimum atomic E-state index is 0.0734. The van der Waals surface area contributed by atoms with Crippen LogP contribution < -0.4 is 11.6 Å². The summed E-state index contributed by atoms with van der Waals surface area (Å²) in [6, 6.07) is 10.8. The fraction of sp³-hybridized carbons (Fsp3) is 0.0588. The second-order valence-corrected chi connectivity index (χ2v) is 5.28. The fourth-order valence-corrected chi connectivity index (χ4v) is 2.26. The van der Waals surface area contributed by atoms with Gasteiger partial charge in [0.25, 0.3) is 0 Å². The van der Waals surface area contributed by atoms with Gasteiger partial charge in [-0.2, -0.15) is 15.5 Å². The summed E-state index contributed by atoms with van der Waals surface area (Å²) in [5, 5.41) is 19.4. The largest absolute Gasteiger partial charge is 0.368 e. The molecular formula is C17H15N9. The van der Waals surface area contributed by atoms with Crippen LogP contribution in [-0.2, 0) is 6.54 Å². The van der Waals surface area contributed by atoms with Gasteiger partial charge in [0.1, 0.15) is 5.71 Å². The average molecular weight is 345 g/mol. The Morgan fingerprint density at radius 2 is 2.19 bits per heavy atom. The predicted octanol–water partition coefficient (Wildman–Crippen LogP) is 1.25. The highest BCUT2D eigenvalue weighted by molar-refractivity contribution is 6.37. The van der Waals surface area contributed by atoms with E-state index in [9.17, 15) is 0 Å². The number of aromatic nitrogens is 4. The topological polar surface area (TPSA) is 155 Å². The Kier molecular flexibility index (Phi) is 4.95.